The van der Waals surface area contributed by atoms with Crippen molar-refractivity contribution in [2.75, 3.05) is 18.2 Å². The van der Waals surface area contributed by atoms with Crippen LogP contribution in [0.25, 0.3) is 0 Å². The first-order valence-electron chi connectivity index (χ1n) is 4.59. The molecule has 0 saturated carbocycles. The van der Waals surface area contributed by atoms with Crippen LogP contribution in [0.15, 0.2) is 17.5 Å². The van der Waals surface area contributed by atoms with Crippen LogP contribution in [-0.2, 0) is 6.54 Å². The summed E-state index contributed by atoms with van der Waals surface area (Å²) in [7, 11) is 1.48. The summed E-state index contributed by atoms with van der Waals surface area (Å²) in [6.45, 7) is 0.657. The number of hydrogen-bond acceptors (Lipinski definition) is 7. The summed E-state index contributed by atoms with van der Waals surface area (Å²) in [5.74, 6) is 0.554. The zero-order chi connectivity index (χ0) is 11.4. The molecule has 6 nitrogen and oxygen atoms in total. The van der Waals surface area contributed by atoms with Crippen molar-refractivity contribution in [2.45, 2.75) is 6.54 Å². The van der Waals surface area contributed by atoms with E-state index < -0.39 is 0 Å². The minimum absolute atomic E-state index is 0.139. The Hall–Kier alpha value is -1.89. The second kappa shape index (κ2) is 4.75. The topological polar surface area (TPSA) is 86.0 Å². The van der Waals surface area contributed by atoms with Gasteiger partial charge in [-0.25, -0.2) is 0 Å². The largest absolute Gasteiger partial charge is 0.467 e. The number of anilines is 2. The van der Waals surface area contributed by atoms with Gasteiger partial charge in [-0.15, -0.1) is 11.3 Å². The zero-order valence-corrected chi connectivity index (χ0v) is 9.49. The molecule has 2 aromatic rings. The van der Waals surface area contributed by atoms with Gasteiger partial charge in [0.2, 0.25) is 11.9 Å². The van der Waals surface area contributed by atoms with Crippen molar-refractivity contribution in [3.8, 4) is 6.01 Å². The van der Waals surface area contributed by atoms with Gasteiger partial charge in [0.15, 0.2) is 0 Å². The lowest BCUT2D eigenvalue weighted by Gasteiger charge is -2.04. The Labute approximate surface area is 96.5 Å². The predicted molar refractivity (Wildman–Crippen MR) is 62.4 cm³/mol. The fourth-order valence-corrected chi connectivity index (χ4v) is 1.77. The highest BCUT2D eigenvalue weighted by Gasteiger charge is 2.03. The van der Waals surface area contributed by atoms with Crippen LogP contribution in [0.1, 0.15) is 4.88 Å². The highest BCUT2D eigenvalue weighted by Crippen LogP contribution is 2.12. The average molecular weight is 237 g/mol. The van der Waals surface area contributed by atoms with Gasteiger partial charge in [0.05, 0.1) is 13.7 Å². The molecule has 0 amide bonds. The van der Waals surface area contributed by atoms with Crippen LogP contribution in [0.5, 0.6) is 6.01 Å². The summed E-state index contributed by atoms with van der Waals surface area (Å²) in [6.07, 6.45) is 0. The molecule has 0 aromatic carbocycles. The number of nitrogens with one attached hydrogen (secondary N) is 1. The van der Waals surface area contributed by atoms with Crippen molar-refractivity contribution >= 4 is 23.2 Å². The van der Waals surface area contributed by atoms with Crippen LogP contribution in [0, 0.1) is 0 Å². The molecule has 0 bridgehead atoms. The maximum absolute atomic E-state index is 5.50. The van der Waals surface area contributed by atoms with Crippen molar-refractivity contribution in [3.63, 3.8) is 0 Å². The predicted octanol–water partition coefficient (Wildman–Crippen LogP) is 1.14. The Kier molecular flexibility index (Phi) is 3.16. The first kappa shape index (κ1) is 10.6. The van der Waals surface area contributed by atoms with Crippen molar-refractivity contribution in [1.29, 1.82) is 0 Å². The van der Waals surface area contributed by atoms with E-state index in [1.807, 2.05) is 17.5 Å². The van der Waals surface area contributed by atoms with Gasteiger partial charge in [0.1, 0.15) is 0 Å². The van der Waals surface area contributed by atoms with Crippen LogP contribution in [0.2, 0.25) is 0 Å². The van der Waals surface area contributed by atoms with Crippen molar-refractivity contribution in [1.82, 2.24) is 15.0 Å². The van der Waals surface area contributed by atoms with Gasteiger partial charge in [-0.2, -0.15) is 15.0 Å². The van der Waals surface area contributed by atoms with Gasteiger partial charge in [-0.05, 0) is 11.4 Å². The molecule has 2 aromatic heterocycles. The maximum Gasteiger partial charge on any atom is 0.322 e. The van der Waals surface area contributed by atoms with E-state index in [2.05, 4.69) is 20.3 Å². The number of rotatable bonds is 4. The Bertz CT molecular complexity index is 459. The number of aromatic nitrogens is 3. The number of thiophene rings is 1. The van der Waals surface area contributed by atoms with E-state index in [9.17, 15) is 0 Å². The van der Waals surface area contributed by atoms with Crippen LogP contribution in [0.3, 0.4) is 0 Å². The third kappa shape index (κ3) is 2.57. The molecule has 3 N–H and O–H groups in total. The first-order valence-corrected chi connectivity index (χ1v) is 5.47. The molecule has 0 aliphatic rings. The number of ether oxygens (including phenoxy) is 1. The van der Waals surface area contributed by atoms with E-state index in [1.165, 1.54) is 12.0 Å². The van der Waals surface area contributed by atoms with Crippen LogP contribution >= 0.6 is 11.3 Å². The summed E-state index contributed by atoms with van der Waals surface area (Å²) in [6, 6.07) is 4.23. The summed E-state index contributed by atoms with van der Waals surface area (Å²) < 4.78 is 4.89. The normalized spacial score (nSPS) is 10.1. The van der Waals surface area contributed by atoms with E-state index in [0.29, 0.717) is 12.5 Å². The molecule has 0 atom stereocenters. The molecule has 0 fully saturated rings. The molecule has 0 unspecified atom stereocenters. The smallest absolute Gasteiger partial charge is 0.322 e. The van der Waals surface area contributed by atoms with Crippen molar-refractivity contribution < 1.29 is 4.74 Å². The Balaban J connectivity index is 2.06. The lowest BCUT2D eigenvalue weighted by molar-refractivity contribution is 0.379. The first-order chi connectivity index (χ1) is 7.78. The lowest BCUT2D eigenvalue weighted by Crippen LogP contribution is -2.07. The molecular formula is C9H11N5OS. The van der Waals surface area contributed by atoms with Crippen LogP contribution in [0.4, 0.5) is 11.9 Å². The fourth-order valence-electron chi connectivity index (χ4n) is 1.12. The summed E-state index contributed by atoms with van der Waals surface area (Å²) >= 11 is 1.66. The molecule has 0 aliphatic heterocycles. The number of nitrogen functional groups attached to an aromatic ring is 1. The SMILES string of the molecule is COc1nc(N)nc(NCc2cccs2)n1. The van der Waals surface area contributed by atoms with E-state index in [0.717, 1.165) is 0 Å². The highest BCUT2D eigenvalue weighted by molar-refractivity contribution is 7.09. The monoisotopic (exact) mass is 237 g/mol. The molecule has 7 heteroatoms. The number of methoxy groups -OCH3 is 1. The minimum Gasteiger partial charge on any atom is -0.467 e. The molecule has 0 spiro atoms. The fraction of sp³-hybridized carbons (Fsp3) is 0.222. The maximum atomic E-state index is 5.50. The second-order valence-corrected chi connectivity index (χ2v) is 3.97. The molecule has 0 saturated heterocycles. The summed E-state index contributed by atoms with van der Waals surface area (Å²) in [4.78, 5) is 13.0. The van der Waals surface area contributed by atoms with Gasteiger partial charge < -0.3 is 15.8 Å². The van der Waals surface area contributed by atoms with E-state index in [-0.39, 0.29) is 12.0 Å². The number of hydrogen-bond donors (Lipinski definition) is 2. The van der Waals surface area contributed by atoms with Crippen LogP contribution in [-0.4, -0.2) is 22.1 Å². The van der Waals surface area contributed by atoms with Gasteiger partial charge in [-0.1, -0.05) is 6.07 Å². The molecular weight excluding hydrogens is 226 g/mol. The highest BCUT2D eigenvalue weighted by atomic mass is 32.1. The average Bonchev–Trinajstić information content (AvgIpc) is 2.78. The van der Waals surface area contributed by atoms with E-state index in [4.69, 9.17) is 10.5 Å². The van der Waals surface area contributed by atoms with E-state index >= 15 is 0 Å². The molecule has 84 valence electrons. The molecule has 0 aliphatic carbocycles. The number of nitrogens with two attached hydrogens (primary N) is 1. The summed E-state index contributed by atoms with van der Waals surface area (Å²) in [5.41, 5.74) is 5.50. The Morgan fingerprint density at radius 1 is 1.44 bits per heavy atom. The van der Waals surface area contributed by atoms with Gasteiger partial charge in [0.25, 0.3) is 0 Å². The quantitative estimate of drug-likeness (QED) is 0.829. The van der Waals surface area contributed by atoms with E-state index in [1.54, 1.807) is 11.3 Å². The zero-order valence-electron chi connectivity index (χ0n) is 8.67. The van der Waals surface area contributed by atoms with Gasteiger partial charge >= 0.3 is 6.01 Å². The number of nitrogens with zero attached hydrogens (tertiary/aromatic N) is 3. The van der Waals surface area contributed by atoms with Crippen LogP contribution < -0.4 is 15.8 Å². The lowest BCUT2D eigenvalue weighted by atomic mass is 10.5. The Morgan fingerprint density at radius 3 is 3.00 bits per heavy atom. The Morgan fingerprint density at radius 2 is 2.31 bits per heavy atom. The molecule has 2 rings (SSSR count). The standard InChI is InChI=1S/C9H11N5OS/c1-15-9-13-7(10)12-8(14-9)11-5-6-3-2-4-16-6/h2-4H,5H2,1H3,(H3,10,11,12,13,14). The van der Waals surface area contributed by atoms with Gasteiger partial charge in [-0.3, -0.25) is 0 Å². The van der Waals surface area contributed by atoms with Crippen molar-refractivity contribution in [3.05, 3.63) is 22.4 Å². The second-order valence-electron chi connectivity index (χ2n) is 2.94. The van der Waals surface area contributed by atoms with Crippen molar-refractivity contribution in [2.24, 2.45) is 0 Å². The third-order valence-electron chi connectivity index (χ3n) is 1.82. The summed E-state index contributed by atoms with van der Waals surface area (Å²) in [5, 5.41) is 5.06. The molecule has 2 heterocycles. The third-order valence-corrected chi connectivity index (χ3v) is 2.69. The van der Waals surface area contributed by atoms with Gasteiger partial charge in [0, 0.05) is 4.88 Å². The molecule has 0 radical (unpaired) electrons. The molecule has 16 heavy (non-hydrogen) atoms. The minimum atomic E-state index is 0.139.